The minimum absolute atomic E-state index is 0.275. The van der Waals surface area contributed by atoms with Crippen LogP contribution in [0.5, 0.6) is 0 Å². The van der Waals surface area contributed by atoms with Gasteiger partial charge in [0.05, 0.1) is 6.61 Å². The number of rotatable bonds is 8. The van der Waals surface area contributed by atoms with Crippen LogP contribution in [-0.2, 0) is 9.53 Å². The quantitative estimate of drug-likeness (QED) is 0.576. The number of anilines is 1. The van der Waals surface area contributed by atoms with Gasteiger partial charge in [-0.05, 0) is 31.5 Å². The summed E-state index contributed by atoms with van der Waals surface area (Å²) in [6.07, 6.45) is 3.81. The van der Waals surface area contributed by atoms with E-state index < -0.39 is 6.04 Å². The SMILES string of the molecule is CCCCCC(Nc1cccc(F)c1)C(=O)OCC. The first-order valence-corrected chi connectivity index (χ1v) is 6.86. The van der Waals surface area contributed by atoms with Crippen molar-refractivity contribution in [1.29, 1.82) is 0 Å². The topological polar surface area (TPSA) is 38.3 Å². The fourth-order valence-corrected chi connectivity index (χ4v) is 1.87. The fraction of sp³-hybridized carbons (Fsp3) is 0.533. The Morgan fingerprint density at radius 3 is 2.79 bits per heavy atom. The zero-order valence-electron chi connectivity index (χ0n) is 11.6. The number of nitrogens with one attached hydrogen (secondary N) is 1. The number of benzene rings is 1. The van der Waals surface area contributed by atoms with E-state index in [-0.39, 0.29) is 11.8 Å². The highest BCUT2D eigenvalue weighted by Gasteiger charge is 2.19. The standard InChI is InChI=1S/C15H22FNO2/c1-3-5-6-10-14(15(18)19-4-2)17-13-9-7-8-12(16)11-13/h7-9,11,14,17H,3-6,10H2,1-2H3. The Hall–Kier alpha value is -1.58. The molecule has 0 heterocycles. The molecule has 19 heavy (non-hydrogen) atoms. The number of unbranched alkanes of at least 4 members (excludes halogenated alkanes) is 2. The lowest BCUT2D eigenvalue weighted by molar-refractivity contribution is -0.144. The molecular formula is C15H22FNO2. The second-order valence-corrected chi connectivity index (χ2v) is 4.46. The Bertz CT molecular complexity index is 395. The molecule has 1 N–H and O–H groups in total. The third-order valence-corrected chi connectivity index (χ3v) is 2.83. The van der Waals surface area contributed by atoms with E-state index in [1.807, 2.05) is 0 Å². The number of halogens is 1. The van der Waals surface area contributed by atoms with Crippen molar-refractivity contribution in [2.45, 2.75) is 45.6 Å². The summed E-state index contributed by atoms with van der Waals surface area (Å²) in [6.45, 7) is 4.25. The number of hydrogen-bond acceptors (Lipinski definition) is 3. The predicted molar refractivity (Wildman–Crippen MR) is 74.6 cm³/mol. The Morgan fingerprint density at radius 1 is 1.37 bits per heavy atom. The third-order valence-electron chi connectivity index (χ3n) is 2.83. The van der Waals surface area contributed by atoms with E-state index in [9.17, 15) is 9.18 Å². The van der Waals surface area contributed by atoms with Crippen molar-refractivity contribution in [2.75, 3.05) is 11.9 Å². The van der Waals surface area contributed by atoms with Crippen molar-refractivity contribution in [2.24, 2.45) is 0 Å². The van der Waals surface area contributed by atoms with Gasteiger partial charge in [0.2, 0.25) is 0 Å². The van der Waals surface area contributed by atoms with Crippen LogP contribution < -0.4 is 5.32 Å². The highest BCUT2D eigenvalue weighted by atomic mass is 19.1. The second-order valence-electron chi connectivity index (χ2n) is 4.46. The molecule has 0 aliphatic rings. The largest absolute Gasteiger partial charge is 0.464 e. The molecule has 0 radical (unpaired) electrons. The van der Waals surface area contributed by atoms with Crippen molar-refractivity contribution in [3.05, 3.63) is 30.1 Å². The maximum absolute atomic E-state index is 13.1. The molecule has 0 fully saturated rings. The third kappa shape index (κ3) is 5.73. The number of ether oxygens (including phenoxy) is 1. The maximum atomic E-state index is 13.1. The summed E-state index contributed by atoms with van der Waals surface area (Å²) >= 11 is 0. The number of esters is 1. The van der Waals surface area contributed by atoms with Gasteiger partial charge in [0, 0.05) is 5.69 Å². The highest BCUT2D eigenvalue weighted by molar-refractivity contribution is 5.79. The van der Waals surface area contributed by atoms with Gasteiger partial charge in [-0.2, -0.15) is 0 Å². The summed E-state index contributed by atoms with van der Waals surface area (Å²) in [5, 5.41) is 3.05. The summed E-state index contributed by atoms with van der Waals surface area (Å²) in [5.41, 5.74) is 0.606. The second kappa shape index (κ2) is 8.51. The van der Waals surface area contributed by atoms with Gasteiger partial charge in [-0.15, -0.1) is 0 Å². The molecule has 1 rings (SSSR count). The predicted octanol–water partition coefficient (Wildman–Crippen LogP) is 3.75. The molecule has 1 unspecified atom stereocenters. The highest BCUT2D eigenvalue weighted by Crippen LogP contribution is 2.14. The van der Waals surface area contributed by atoms with Gasteiger partial charge in [0.1, 0.15) is 11.9 Å². The summed E-state index contributed by atoms with van der Waals surface area (Å²) in [6, 6.07) is 5.71. The summed E-state index contributed by atoms with van der Waals surface area (Å²) in [5.74, 6) is -0.593. The molecule has 4 heteroatoms. The summed E-state index contributed by atoms with van der Waals surface area (Å²) < 4.78 is 18.2. The van der Waals surface area contributed by atoms with E-state index in [2.05, 4.69) is 12.2 Å². The van der Waals surface area contributed by atoms with E-state index in [0.29, 0.717) is 18.7 Å². The lowest BCUT2D eigenvalue weighted by Gasteiger charge is -2.18. The van der Waals surface area contributed by atoms with Gasteiger partial charge in [-0.1, -0.05) is 32.3 Å². The van der Waals surface area contributed by atoms with Crippen LogP contribution in [0.15, 0.2) is 24.3 Å². The normalized spacial score (nSPS) is 11.9. The molecule has 1 atom stereocenters. The lowest BCUT2D eigenvalue weighted by atomic mass is 10.1. The van der Waals surface area contributed by atoms with E-state index in [4.69, 9.17) is 4.74 Å². The molecule has 1 aromatic carbocycles. The van der Waals surface area contributed by atoms with E-state index >= 15 is 0 Å². The lowest BCUT2D eigenvalue weighted by Crippen LogP contribution is -2.31. The van der Waals surface area contributed by atoms with E-state index in [0.717, 1.165) is 19.3 Å². The molecular weight excluding hydrogens is 245 g/mol. The van der Waals surface area contributed by atoms with Crippen LogP contribution in [0.4, 0.5) is 10.1 Å². The average Bonchev–Trinajstić information content (AvgIpc) is 2.38. The van der Waals surface area contributed by atoms with Crippen LogP contribution in [0.2, 0.25) is 0 Å². The van der Waals surface area contributed by atoms with Gasteiger partial charge < -0.3 is 10.1 Å². The molecule has 0 spiro atoms. The van der Waals surface area contributed by atoms with Gasteiger partial charge >= 0.3 is 5.97 Å². The molecule has 0 saturated carbocycles. The minimum atomic E-state index is -0.409. The Morgan fingerprint density at radius 2 is 2.16 bits per heavy atom. The Kier molecular flexibility index (Phi) is 6.93. The fourth-order valence-electron chi connectivity index (χ4n) is 1.87. The van der Waals surface area contributed by atoms with Crippen molar-refractivity contribution in [3.8, 4) is 0 Å². The van der Waals surface area contributed by atoms with Gasteiger partial charge in [-0.3, -0.25) is 0 Å². The van der Waals surface area contributed by atoms with Crippen molar-refractivity contribution in [3.63, 3.8) is 0 Å². The van der Waals surface area contributed by atoms with E-state index in [1.54, 1.807) is 19.1 Å². The van der Waals surface area contributed by atoms with Crippen LogP contribution in [0.3, 0.4) is 0 Å². The smallest absolute Gasteiger partial charge is 0.328 e. The van der Waals surface area contributed by atoms with E-state index in [1.165, 1.54) is 12.1 Å². The molecule has 0 saturated heterocycles. The number of hydrogen-bond donors (Lipinski definition) is 1. The van der Waals surface area contributed by atoms with Crippen molar-refractivity contribution < 1.29 is 13.9 Å². The number of carbonyl (C=O) groups is 1. The first-order valence-electron chi connectivity index (χ1n) is 6.86. The molecule has 106 valence electrons. The molecule has 1 aromatic rings. The first kappa shape index (κ1) is 15.5. The van der Waals surface area contributed by atoms with Crippen LogP contribution in [-0.4, -0.2) is 18.6 Å². The van der Waals surface area contributed by atoms with Gasteiger partial charge in [0.15, 0.2) is 0 Å². The molecule has 0 bridgehead atoms. The average molecular weight is 267 g/mol. The maximum Gasteiger partial charge on any atom is 0.328 e. The monoisotopic (exact) mass is 267 g/mol. The molecule has 0 aromatic heterocycles. The zero-order valence-corrected chi connectivity index (χ0v) is 11.6. The van der Waals surface area contributed by atoms with Crippen LogP contribution >= 0.6 is 0 Å². The first-order chi connectivity index (χ1) is 9.17. The minimum Gasteiger partial charge on any atom is -0.464 e. The van der Waals surface area contributed by atoms with Crippen LogP contribution in [0, 0.1) is 5.82 Å². The van der Waals surface area contributed by atoms with Crippen LogP contribution in [0.25, 0.3) is 0 Å². The zero-order chi connectivity index (χ0) is 14.1. The van der Waals surface area contributed by atoms with Crippen LogP contribution in [0.1, 0.15) is 39.5 Å². The Labute approximate surface area is 114 Å². The molecule has 3 nitrogen and oxygen atoms in total. The van der Waals surface area contributed by atoms with Crippen molar-refractivity contribution >= 4 is 11.7 Å². The van der Waals surface area contributed by atoms with Gasteiger partial charge in [0.25, 0.3) is 0 Å². The summed E-state index contributed by atoms with van der Waals surface area (Å²) in [7, 11) is 0. The molecule has 0 aliphatic heterocycles. The van der Waals surface area contributed by atoms with Gasteiger partial charge in [-0.25, -0.2) is 9.18 Å². The molecule has 0 aliphatic carbocycles. The molecule has 0 amide bonds. The number of carbonyl (C=O) groups excluding carboxylic acids is 1. The summed E-state index contributed by atoms with van der Waals surface area (Å²) in [4.78, 5) is 11.8. The Balaban J connectivity index is 2.64. The van der Waals surface area contributed by atoms with Crippen molar-refractivity contribution in [1.82, 2.24) is 0 Å².